The van der Waals surface area contributed by atoms with Crippen LogP contribution in [0.2, 0.25) is 12.6 Å². The molecule has 0 aliphatic carbocycles. The Balaban J connectivity index is 3.68. The molecule has 0 unspecified atom stereocenters. The molecule has 0 rings (SSSR count). The summed E-state index contributed by atoms with van der Waals surface area (Å²) >= 11 is 3.96. The summed E-state index contributed by atoms with van der Waals surface area (Å²) in [5.74, 6) is 0.391. The largest absolute Gasteiger partial charge is 0.398 e. The SMILES string of the molecule is CO[Si@@](C)(CCCO)OCS. The van der Waals surface area contributed by atoms with Crippen LogP contribution in [0.5, 0.6) is 0 Å². The van der Waals surface area contributed by atoms with Crippen LogP contribution in [-0.4, -0.2) is 33.3 Å². The summed E-state index contributed by atoms with van der Waals surface area (Å²) in [7, 11) is -0.335. The van der Waals surface area contributed by atoms with E-state index in [2.05, 4.69) is 12.6 Å². The maximum absolute atomic E-state index is 8.59. The van der Waals surface area contributed by atoms with Crippen LogP contribution in [0, 0.1) is 0 Å². The highest BCUT2D eigenvalue weighted by Gasteiger charge is 2.28. The summed E-state index contributed by atoms with van der Waals surface area (Å²) in [6.45, 7) is 2.17. The first kappa shape index (κ1) is 11.4. The third kappa shape index (κ3) is 4.81. The number of aliphatic hydroxyl groups excluding tert-OH is 1. The summed E-state index contributed by atoms with van der Waals surface area (Å²) in [6, 6.07) is 0.820. The number of aliphatic hydroxyl groups is 1. The number of hydrogen-bond donors (Lipinski definition) is 2. The Morgan fingerprint density at radius 3 is 2.55 bits per heavy atom. The van der Waals surface area contributed by atoms with E-state index in [9.17, 15) is 0 Å². The zero-order valence-electron chi connectivity index (χ0n) is 7.04. The van der Waals surface area contributed by atoms with Crippen LogP contribution in [0.15, 0.2) is 0 Å². The minimum Gasteiger partial charge on any atom is -0.398 e. The topological polar surface area (TPSA) is 38.7 Å². The van der Waals surface area contributed by atoms with Crippen LogP contribution >= 0.6 is 12.6 Å². The highest BCUT2D eigenvalue weighted by Crippen LogP contribution is 2.14. The predicted octanol–water partition coefficient (Wildman–Crippen LogP) is 0.991. The molecule has 11 heavy (non-hydrogen) atoms. The quantitative estimate of drug-likeness (QED) is 0.378. The summed E-state index contributed by atoms with van der Waals surface area (Å²) in [5, 5.41) is 8.59. The summed E-state index contributed by atoms with van der Waals surface area (Å²) in [6.07, 6.45) is 0.740. The molecule has 0 fully saturated rings. The normalized spacial score (nSPS) is 16.4. The van der Waals surface area contributed by atoms with Gasteiger partial charge in [-0.15, -0.1) is 0 Å². The van der Waals surface area contributed by atoms with Gasteiger partial charge in [0.05, 0.1) is 5.94 Å². The fraction of sp³-hybridized carbons (Fsp3) is 1.00. The van der Waals surface area contributed by atoms with Crippen molar-refractivity contribution in [1.82, 2.24) is 0 Å². The molecule has 0 amide bonds. The molecule has 0 aromatic rings. The van der Waals surface area contributed by atoms with Gasteiger partial charge in [0.2, 0.25) is 0 Å². The number of thiol groups is 1. The lowest BCUT2D eigenvalue weighted by molar-refractivity contribution is 0.230. The van der Waals surface area contributed by atoms with E-state index in [1.165, 1.54) is 0 Å². The van der Waals surface area contributed by atoms with Crippen LogP contribution < -0.4 is 0 Å². The van der Waals surface area contributed by atoms with E-state index in [1.54, 1.807) is 7.11 Å². The molecule has 1 N–H and O–H groups in total. The molecule has 1 atom stereocenters. The molecule has 0 spiro atoms. The van der Waals surface area contributed by atoms with Gasteiger partial charge in [0.15, 0.2) is 0 Å². The van der Waals surface area contributed by atoms with Crippen molar-refractivity contribution in [3.8, 4) is 0 Å². The molecule has 0 saturated heterocycles. The molecule has 0 aliphatic heterocycles. The van der Waals surface area contributed by atoms with Crippen molar-refractivity contribution in [2.45, 2.75) is 19.0 Å². The predicted molar refractivity (Wildman–Crippen MR) is 50.1 cm³/mol. The van der Waals surface area contributed by atoms with Crippen molar-refractivity contribution < 1.29 is 14.0 Å². The zero-order chi connectivity index (χ0) is 8.74. The van der Waals surface area contributed by atoms with E-state index in [0.717, 1.165) is 12.5 Å². The van der Waals surface area contributed by atoms with Gasteiger partial charge in [-0.3, -0.25) is 0 Å². The van der Waals surface area contributed by atoms with Gasteiger partial charge in [-0.25, -0.2) is 0 Å². The Bertz CT molecular complexity index is 104. The van der Waals surface area contributed by atoms with Crippen molar-refractivity contribution in [3.05, 3.63) is 0 Å². The standard InChI is InChI=1S/C6H16O3SSi/c1-8-11(2,9-6-10)5-3-4-7/h7,10H,3-6H2,1-2H3/t11-/m1/s1. The molecule has 68 valence electrons. The van der Waals surface area contributed by atoms with Crippen molar-refractivity contribution >= 4 is 21.2 Å². The van der Waals surface area contributed by atoms with Crippen molar-refractivity contribution in [3.63, 3.8) is 0 Å². The molecule has 0 heterocycles. The van der Waals surface area contributed by atoms with E-state index in [-0.39, 0.29) is 6.61 Å². The van der Waals surface area contributed by atoms with Gasteiger partial charge < -0.3 is 14.0 Å². The molecule has 0 aliphatic rings. The zero-order valence-corrected chi connectivity index (χ0v) is 8.93. The number of hydrogen-bond acceptors (Lipinski definition) is 4. The molecular formula is C6H16O3SSi. The number of rotatable bonds is 6. The van der Waals surface area contributed by atoms with Crippen LogP contribution in [0.1, 0.15) is 6.42 Å². The molecule has 0 bridgehead atoms. The molecular weight excluding hydrogens is 180 g/mol. The fourth-order valence-corrected chi connectivity index (χ4v) is 3.13. The van der Waals surface area contributed by atoms with E-state index in [4.69, 9.17) is 14.0 Å². The average molecular weight is 196 g/mol. The highest BCUT2D eigenvalue weighted by molar-refractivity contribution is 7.80. The first-order valence-electron chi connectivity index (χ1n) is 3.59. The first-order valence-corrected chi connectivity index (χ1v) is 6.75. The van der Waals surface area contributed by atoms with Crippen LogP contribution in [-0.2, 0) is 8.85 Å². The van der Waals surface area contributed by atoms with Crippen LogP contribution in [0.4, 0.5) is 0 Å². The maximum Gasteiger partial charge on any atom is 0.335 e. The maximum atomic E-state index is 8.59. The lowest BCUT2D eigenvalue weighted by Gasteiger charge is -2.23. The summed E-state index contributed by atoms with van der Waals surface area (Å²) in [5.41, 5.74) is 0. The Kier molecular flexibility index (Phi) is 6.26. The Labute approximate surface area is 74.4 Å². The van der Waals surface area contributed by atoms with Crippen molar-refractivity contribution in [2.75, 3.05) is 19.7 Å². The third-order valence-corrected chi connectivity index (χ3v) is 4.84. The lowest BCUT2D eigenvalue weighted by atomic mass is 10.5. The molecule has 0 aromatic heterocycles. The van der Waals surface area contributed by atoms with Gasteiger partial charge in [-0.2, -0.15) is 12.6 Å². The van der Waals surface area contributed by atoms with Crippen molar-refractivity contribution in [1.29, 1.82) is 0 Å². The molecule has 5 heteroatoms. The van der Waals surface area contributed by atoms with Crippen molar-refractivity contribution in [2.24, 2.45) is 0 Å². The second-order valence-electron chi connectivity index (χ2n) is 2.44. The van der Waals surface area contributed by atoms with Gasteiger partial charge in [0.25, 0.3) is 0 Å². The van der Waals surface area contributed by atoms with Crippen LogP contribution in [0.25, 0.3) is 0 Å². The third-order valence-electron chi connectivity index (χ3n) is 1.59. The van der Waals surface area contributed by atoms with E-state index >= 15 is 0 Å². The van der Waals surface area contributed by atoms with Gasteiger partial charge in [-0.05, 0) is 19.0 Å². The minimum absolute atomic E-state index is 0.196. The molecule has 0 saturated carbocycles. The molecule has 0 aromatic carbocycles. The fourth-order valence-electron chi connectivity index (χ4n) is 0.770. The highest BCUT2D eigenvalue weighted by atomic mass is 32.1. The monoisotopic (exact) mass is 196 g/mol. The van der Waals surface area contributed by atoms with Gasteiger partial charge >= 0.3 is 8.56 Å². The Morgan fingerprint density at radius 1 is 1.55 bits per heavy atom. The summed E-state index contributed by atoms with van der Waals surface area (Å²) < 4.78 is 10.6. The molecule has 0 radical (unpaired) electrons. The second kappa shape index (κ2) is 6.02. The van der Waals surface area contributed by atoms with Gasteiger partial charge in [-0.1, -0.05) is 0 Å². The van der Waals surface area contributed by atoms with E-state index < -0.39 is 8.56 Å². The molecule has 3 nitrogen and oxygen atoms in total. The summed E-state index contributed by atoms with van der Waals surface area (Å²) in [4.78, 5) is 0. The van der Waals surface area contributed by atoms with E-state index in [0.29, 0.717) is 5.94 Å². The average Bonchev–Trinajstić information content (AvgIpc) is 2.02. The smallest absolute Gasteiger partial charge is 0.335 e. The van der Waals surface area contributed by atoms with Crippen LogP contribution in [0.3, 0.4) is 0 Å². The Hall–Kier alpha value is 0.447. The van der Waals surface area contributed by atoms with Gasteiger partial charge in [0, 0.05) is 13.7 Å². The minimum atomic E-state index is -1.98. The Morgan fingerprint density at radius 2 is 2.18 bits per heavy atom. The first-order chi connectivity index (χ1) is 5.18. The van der Waals surface area contributed by atoms with E-state index in [1.807, 2.05) is 6.55 Å². The van der Waals surface area contributed by atoms with Gasteiger partial charge in [0.1, 0.15) is 0 Å². The lowest BCUT2D eigenvalue weighted by Crippen LogP contribution is -2.37. The second-order valence-corrected chi connectivity index (χ2v) is 6.16.